The molecular weight excluding hydrogens is 306 g/mol. The van der Waals surface area contributed by atoms with Gasteiger partial charge in [-0.25, -0.2) is 9.59 Å². The zero-order chi connectivity index (χ0) is 15.6. The zero-order valence-corrected chi connectivity index (χ0v) is 9.29. The lowest BCUT2D eigenvalue weighted by Crippen LogP contribution is -2.51. The first-order valence-electron chi connectivity index (χ1n) is 4.79. The Bertz CT molecular complexity index is 377. The summed E-state index contributed by atoms with van der Waals surface area (Å²) in [6, 6.07) is 0. The van der Waals surface area contributed by atoms with Crippen LogP contribution in [0.5, 0.6) is 0 Å². The normalized spacial score (nSPS) is 23.6. The second kappa shape index (κ2) is 5.63. The molecule has 0 amide bonds. The average molecular weight is 312 g/mol. The van der Waals surface area contributed by atoms with Gasteiger partial charge in [-0.15, -0.1) is 0 Å². The van der Waals surface area contributed by atoms with Crippen molar-refractivity contribution in [2.75, 3.05) is 13.2 Å². The summed E-state index contributed by atoms with van der Waals surface area (Å²) < 4.78 is 87.8. The van der Waals surface area contributed by atoms with Crippen LogP contribution in [0.2, 0.25) is 0 Å². The Morgan fingerprint density at radius 3 is 2.35 bits per heavy atom. The van der Waals surface area contributed by atoms with E-state index in [0.29, 0.717) is 0 Å². The Morgan fingerprint density at radius 1 is 1.25 bits per heavy atom. The molecule has 1 rings (SSSR count). The first kappa shape index (κ1) is 16.2. The minimum atomic E-state index is -5.09. The Balaban J connectivity index is 2.60. The highest BCUT2D eigenvalue weighted by Gasteiger charge is 2.53. The minimum absolute atomic E-state index is 1.02. The van der Waals surface area contributed by atoms with E-state index in [2.05, 4.69) is 18.9 Å². The molecule has 116 valence electrons. The van der Waals surface area contributed by atoms with Gasteiger partial charge in [0.1, 0.15) is 6.61 Å². The minimum Gasteiger partial charge on any atom is -0.430 e. The molecule has 0 aromatic heterocycles. The van der Waals surface area contributed by atoms with Crippen molar-refractivity contribution in [2.24, 2.45) is 0 Å². The van der Waals surface area contributed by atoms with E-state index < -0.39 is 50.1 Å². The molecule has 2 unspecified atom stereocenters. The number of carbonyl (C=O) groups excluding carboxylic acids is 2. The highest BCUT2D eigenvalue weighted by molar-refractivity contribution is 5.62. The van der Waals surface area contributed by atoms with Gasteiger partial charge in [0.05, 0.1) is 0 Å². The molecule has 0 N–H and O–H groups in total. The van der Waals surface area contributed by atoms with Gasteiger partial charge in [0.2, 0.25) is 6.10 Å². The van der Waals surface area contributed by atoms with Crippen molar-refractivity contribution in [2.45, 2.75) is 24.6 Å². The van der Waals surface area contributed by atoms with E-state index in [0.717, 1.165) is 0 Å². The van der Waals surface area contributed by atoms with Gasteiger partial charge in [-0.1, -0.05) is 0 Å². The van der Waals surface area contributed by atoms with Crippen LogP contribution in [0.4, 0.5) is 35.9 Å². The van der Waals surface area contributed by atoms with Crippen LogP contribution in [0.25, 0.3) is 0 Å². The molecule has 0 bridgehead atoms. The molecule has 0 aromatic rings. The molecule has 1 aliphatic heterocycles. The molecule has 0 aromatic carbocycles. The van der Waals surface area contributed by atoms with Gasteiger partial charge in [0, 0.05) is 0 Å². The number of rotatable bonds is 2. The fraction of sp³-hybridized carbons (Fsp3) is 0.750. The molecular formula is C8H6F6O6. The molecule has 0 saturated carbocycles. The molecule has 12 heteroatoms. The van der Waals surface area contributed by atoms with Crippen molar-refractivity contribution < 1.29 is 54.9 Å². The van der Waals surface area contributed by atoms with E-state index in [1.807, 2.05) is 0 Å². The van der Waals surface area contributed by atoms with Crippen molar-refractivity contribution in [3.05, 3.63) is 0 Å². The number of hydrogen-bond acceptors (Lipinski definition) is 6. The summed E-state index contributed by atoms with van der Waals surface area (Å²) in [7, 11) is 0. The highest BCUT2D eigenvalue weighted by atomic mass is 19.4. The third kappa shape index (κ3) is 5.01. The average Bonchev–Trinajstić information content (AvgIpc) is 2.26. The van der Waals surface area contributed by atoms with E-state index >= 15 is 0 Å². The smallest absolute Gasteiger partial charge is 0.430 e. The van der Waals surface area contributed by atoms with Crippen LogP contribution in [0.15, 0.2) is 0 Å². The molecule has 1 heterocycles. The van der Waals surface area contributed by atoms with Crippen LogP contribution >= 0.6 is 0 Å². The maximum atomic E-state index is 12.4. The van der Waals surface area contributed by atoms with Gasteiger partial charge < -0.3 is 18.9 Å². The van der Waals surface area contributed by atoms with E-state index in [1.165, 1.54) is 0 Å². The van der Waals surface area contributed by atoms with Crippen molar-refractivity contribution in [3.63, 3.8) is 0 Å². The summed E-state index contributed by atoms with van der Waals surface area (Å²) in [5, 5.41) is 0. The summed E-state index contributed by atoms with van der Waals surface area (Å²) in [6.45, 7) is -3.06. The van der Waals surface area contributed by atoms with Crippen molar-refractivity contribution in [3.8, 4) is 0 Å². The van der Waals surface area contributed by atoms with Crippen LogP contribution in [-0.2, 0) is 18.9 Å². The maximum Gasteiger partial charge on any atom is 0.509 e. The van der Waals surface area contributed by atoms with E-state index in [9.17, 15) is 35.9 Å². The third-order valence-corrected chi connectivity index (χ3v) is 1.85. The van der Waals surface area contributed by atoms with Gasteiger partial charge in [0.25, 0.3) is 0 Å². The molecule has 1 aliphatic rings. The lowest BCUT2D eigenvalue weighted by Gasteiger charge is -2.30. The number of ether oxygens (including phenoxy) is 4. The summed E-state index contributed by atoms with van der Waals surface area (Å²) in [5.74, 6) is 0. The highest BCUT2D eigenvalue weighted by Crippen LogP contribution is 2.30. The molecule has 0 aliphatic carbocycles. The first-order chi connectivity index (χ1) is 8.99. The SMILES string of the molecule is O=C(OCC(F)(F)F)OC1COC(=O)OC1C(F)(F)F. The number of cyclic esters (lactones) is 2. The molecule has 0 spiro atoms. The van der Waals surface area contributed by atoms with Crippen molar-refractivity contribution in [1.82, 2.24) is 0 Å². The van der Waals surface area contributed by atoms with Gasteiger partial charge >= 0.3 is 24.7 Å². The predicted molar refractivity (Wildman–Crippen MR) is 44.6 cm³/mol. The summed E-state index contributed by atoms with van der Waals surface area (Å²) in [5.41, 5.74) is 0. The third-order valence-electron chi connectivity index (χ3n) is 1.85. The lowest BCUT2D eigenvalue weighted by molar-refractivity contribution is -0.255. The number of alkyl halides is 6. The van der Waals surface area contributed by atoms with Gasteiger partial charge in [-0.05, 0) is 0 Å². The fourth-order valence-electron chi connectivity index (χ4n) is 1.12. The van der Waals surface area contributed by atoms with Crippen LogP contribution in [0, 0.1) is 0 Å². The van der Waals surface area contributed by atoms with Crippen LogP contribution in [0.3, 0.4) is 0 Å². The maximum absolute atomic E-state index is 12.4. The monoisotopic (exact) mass is 312 g/mol. The van der Waals surface area contributed by atoms with Crippen molar-refractivity contribution in [1.29, 1.82) is 0 Å². The van der Waals surface area contributed by atoms with E-state index in [1.54, 1.807) is 0 Å². The molecule has 0 radical (unpaired) electrons. The first-order valence-corrected chi connectivity index (χ1v) is 4.79. The second-order valence-corrected chi connectivity index (χ2v) is 3.45. The lowest BCUT2D eigenvalue weighted by atomic mass is 10.2. The quantitative estimate of drug-likeness (QED) is 0.575. The van der Waals surface area contributed by atoms with Crippen LogP contribution in [-0.4, -0.2) is 50.1 Å². The molecule has 1 fully saturated rings. The zero-order valence-electron chi connectivity index (χ0n) is 9.29. The summed E-state index contributed by atoms with van der Waals surface area (Å²) in [4.78, 5) is 21.3. The Hall–Kier alpha value is -1.88. The van der Waals surface area contributed by atoms with Crippen LogP contribution in [0.1, 0.15) is 0 Å². The summed E-state index contributed by atoms with van der Waals surface area (Å²) >= 11 is 0. The largest absolute Gasteiger partial charge is 0.509 e. The Labute approximate surface area is 106 Å². The van der Waals surface area contributed by atoms with Gasteiger partial charge in [-0.3, -0.25) is 0 Å². The Morgan fingerprint density at radius 2 is 1.85 bits per heavy atom. The summed E-state index contributed by atoms with van der Waals surface area (Å²) in [6.07, 6.45) is -18.6. The predicted octanol–water partition coefficient (Wildman–Crippen LogP) is 2.17. The molecule has 1 saturated heterocycles. The standard InChI is InChI=1S/C8H6F6O6/c9-7(10,11)2-18-6(16)19-3-1-17-5(15)20-4(3)8(12,13)14/h3-4H,1-2H2. The van der Waals surface area contributed by atoms with E-state index in [4.69, 9.17) is 0 Å². The van der Waals surface area contributed by atoms with Crippen molar-refractivity contribution >= 4 is 12.3 Å². The number of carbonyl (C=O) groups is 2. The Kier molecular flexibility index (Phi) is 4.55. The fourth-order valence-corrected chi connectivity index (χ4v) is 1.12. The topological polar surface area (TPSA) is 71.1 Å². The second-order valence-electron chi connectivity index (χ2n) is 3.45. The van der Waals surface area contributed by atoms with E-state index in [-0.39, 0.29) is 0 Å². The molecule has 6 nitrogen and oxygen atoms in total. The number of halogens is 6. The molecule has 20 heavy (non-hydrogen) atoms. The van der Waals surface area contributed by atoms with Gasteiger partial charge in [0.15, 0.2) is 12.7 Å². The number of hydrogen-bond donors (Lipinski definition) is 0. The molecule has 2 atom stereocenters. The van der Waals surface area contributed by atoms with Gasteiger partial charge in [-0.2, -0.15) is 26.3 Å². The van der Waals surface area contributed by atoms with Crippen LogP contribution < -0.4 is 0 Å².